The molecule has 11 nitrogen and oxygen atoms in total. The maximum absolute atomic E-state index is 13.0. The molecule has 0 aromatic carbocycles. The van der Waals surface area contributed by atoms with E-state index in [9.17, 15) is 13.6 Å². The van der Waals surface area contributed by atoms with Crippen LogP contribution in [0.25, 0.3) is 16.9 Å². The highest BCUT2D eigenvalue weighted by Crippen LogP contribution is 2.26. The second-order valence-electron chi connectivity index (χ2n) is 8.15. The van der Waals surface area contributed by atoms with E-state index < -0.39 is 18.1 Å². The number of fused-ring (bicyclic) bond motifs is 1. The molecule has 1 saturated heterocycles. The topological polar surface area (TPSA) is 112 Å². The molecule has 0 saturated carbocycles. The van der Waals surface area contributed by atoms with Crippen LogP contribution in [0.5, 0.6) is 0 Å². The Bertz CT molecular complexity index is 1100. The number of nitrogens with zero attached hydrogens (tertiary/aromatic N) is 7. The highest BCUT2D eigenvalue weighted by molar-refractivity contribution is 5.87. The van der Waals surface area contributed by atoms with E-state index in [1.54, 1.807) is 25.3 Å². The van der Waals surface area contributed by atoms with Gasteiger partial charge in [-0.1, -0.05) is 0 Å². The Morgan fingerprint density at radius 2 is 2.03 bits per heavy atom. The lowest BCUT2D eigenvalue weighted by molar-refractivity contribution is -0.152. The van der Waals surface area contributed by atoms with E-state index in [-0.39, 0.29) is 6.54 Å². The Balaban J connectivity index is 1.70. The Morgan fingerprint density at radius 3 is 2.69 bits per heavy atom. The summed E-state index contributed by atoms with van der Waals surface area (Å²) in [6, 6.07) is 0. The molecule has 3 aromatic heterocycles. The Hall–Kier alpha value is -3.35. The molecule has 0 atom stereocenters. The van der Waals surface area contributed by atoms with Crippen LogP contribution in [0.2, 0.25) is 0 Å². The summed E-state index contributed by atoms with van der Waals surface area (Å²) in [6.45, 7) is 4.71. The van der Waals surface area contributed by atoms with E-state index in [0.29, 0.717) is 59.6 Å². The summed E-state index contributed by atoms with van der Waals surface area (Å²) < 4.78 is 38.8. The molecule has 1 aliphatic rings. The standard InChI is InChI=1S/C19H24F2N8O3/c1-19(2,3)32-13(30)9-22-15-14-16(26-18(25-15)27-4-6-31-7-5-27)28(11-23-14)12-8-24-29(10-12)17(20)21/h8,10-11,17H,4-7,9H2,1-3H3,(H,22,25,26). The zero-order valence-corrected chi connectivity index (χ0v) is 18.0. The summed E-state index contributed by atoms with van der Waals surface area (Å²) >= 11 is 0. The van der Waals surface area contributed by atoms with Crippen LogP contribution in [0, 0.1) is 0 Å². The normalized spacial score (nSPS) is 14.9. The van der Waals surface area contributed by atoms with Crippen LogP contribution >= 0.6 is 0 Å². The van der Waals surface area contributed by atoms with Crippen molar-refractivity contribution in [2.45, 2.75) is 32.9 Å². The fourth-order valence-corrected chi connectivity index (χ4v) is 3.20. The fourth-order valence-electron chi connectivity index (χ4n) is 3.20. The van der Waals surface area contributed by atoms with Crippen molar-refractivity contribution in [3.05, 3.63) is 18.7 Å². The Kier molecular flexibility index (Phi) is 5.91. The van der Waals surface area contributed by atoms with Crippen molar-refractivity contribution < 1.29 is 23.0 Å². The number of nitrogens with one attached hydrogen (secondary N) is 1. The second-order valence-corrected chi connectivity index (χ2v) is 8.15. The molecule has 1 N–H and O–H groups in total. The number of carbonyl (C=O) groups is 1. The Labute approximate surface area is 182 Å². The van der Waals surface area contributed by atoms with Crippen molar-refractivity contribution in [1.82, 2.24) is 29.3 Å². The van der Waals surface area contributed by atoms with Crippen molar-refractivity contribution in [3.8, 4) is 5.69 Å². The van der Waals surface area contributed by atoms with Gasteiger partial charge in [-0.05, 0) is 20.8 Å². The van der Waals surface area contributed by atoms with Crippen LogP contribution in [0.1, 0.15) is 27.3 Å². The monoisotopic (exact) mass is 450 g/mol. The lowest BCUT2D eigenvalue weighted by atomic mass is 10.2. The van der Waals surface area contributed by atoms with Gasteiger partial charge in [-0.3, -0.25) is 9.36 Å². The number of aromatic nitrogens is 6. The van der Waals surface area contributed by atoms with Crippen LogP contribution in [-0.2, 0) is 14.3 Å². The predicted octanol–water partition coefficient (Wildman–Crippen LogP) is 2.00. The zero-order chi connectivity index (χ0) is 22.9. The maximum Gasteiger partial charge on any atom is 0.333 e. The first kappa shape index (κ1) is 21.9. The van der Waals surface area contributed by atoms with Gasteiger partial charge in [0.25, 0.3) is 0 Å². The van der Waals surface area contributed by atoms with Gasteiger partial charge >= 0.3 is 12.5 Å². The highest BCUT2D eigenvalue weighted by atomic mass is 19.3. The first-order chi connectivity index (χ1) is 15.2. The molecular formula is C19H24F2N8O3. The van der Waals surface area contributed by atoms with Crippen molar-refractivity contribution in [1.29, 1.82) is 0 Å². The van der Waals surface area contributed by atoms with Gasteiger partial charge in [-0.2, -0.15) is 23.8 Å². The van der Waals surface area contributed by atoms with Gasteiger partial charge in [0.2, 0.25) is 5.95 Å². The molecule has 0 radical (unpaired) electrons. The first-order valence-electron chi connectivity index (χ1n) is 10.1. The molecule has 1 aliphatic heterocycles. The summed E-state index contributed by atoms with van der Waals surface area (Å²) in [5, 5.41) is 6.66. The number of morpholine rings is 1. The highest BCUT2D eigenvalue weighted by Gasteiger charge is 2.22. The molecule has 0 spiro atoms. The van der Waals surface area contributed by atoms with E-state index in [0.717, 1.165) is 0 Å². The minimum absolute atomic E-state index is 0.123. The van der Waals surface area contributed by atoms with Gasteiger partial charge in [0, 0.05) is 13.1 Å². The molecule has 1 fully saturated rings. The molecule has 0 aliphatic carbocycles. The average molecular weight is 450 g/mol. The lowest BCUT2D eigenvalue weighted by Gasteiger charge is -2.27. The number of anilines is 2. The van der Waals surface area contributed by atoms with Crippen LogP contribution in [-0.4, -0.2) is 73.7 Å². The Morgan fingerprint density at radius 1 is 1.28 bits per heavy atom. The van der Waals surface area contributed by atoms with E-state index in [1.807, 2.05) is 4.90 Å². The largest absolute Gasteiger partial charge is 0.459 e. The molecule has 0 amide bonds. The van der Waals surface area contributed by atoms with Crippen LogP contribution in [0.15, 0.2) is 18.7 Å². The number of rotatable bonds is 6. The molecule has 4 rings (SSSR count). The number of halogens is 2. The molecule has 4 heterocycles. The number of esters is 1. The molecule has 172 valence electrons. The number of ether oxygens (including phenoxy) is 2. The summed E-state index contributed by atoms with van der Waals surface area (Å²) in [5.74, 6) is 0.299. The minimum Gasteiger partial charge on any atom is -0.459 e. The van der Waals surface area contributed by atoms with E-state index in [4.69, 9.17) is 9.47 Å². The summed E-state index contributed by atoms with van der Waals surface area (Å²) in [6.07, 6.45) is 3.96. The average Bonchev–Trinajstić information content (AvgIpc) is 3.38. The lowest BCUT2D eigenvalue weighted by Crippen LogP contribution is -2.37. The predicted molar refractivity (Wildman–Crippen MR) is 111 cm³/mol. The fraction of sp³-hybridized carbons (Fsp3) is 0.526. The third-order valence-corrected chi connectivity index (χ3v) is 4.56. The van der Waals surface area contributed by atoms with Gasteiger partial charge in [-0.15, -0.1) is 0 Å². The number of hydrogen-bond donors (Lipinski definition) is 1. The summed E-state index contributed by atoms with van der Waals surface area (Å²) in [4.78, 5) is 27.6. The van der Waals surface area contributed by atoms with Gasteiger partial charge in [0.15, 0.2) is 17.0 Å². The first-order valence-corrected chi connectivity index (χ1v) is 10.1. The molecule has 3 aromatic rings. The zero-order valence-electron chi connectivity index (χ0n) is 18.0. The maximum atomic E-state index is 13.0. The van der Waals surface area contributed by atoms with E-state index >= 15 is 0 Å². The van der Waals surface area contributed by atoms with Crippen LogP contribution in [0.4, 0.5) is 20.5 Å². The number of alkyl halides is 2. The van der Waals surface area contributed by atoms with E-state index in [1.165, 1.54) is 18.7 Å². The molecule has 0 unspecified atom stereocenters. The quantitative estimate of drug-likeness (QED) is 0.564. The number of carbonyl (C=O) groups excluding carboxylic acids is 1. The second kappa shape index (κ2) is 8.65. The minimum atomic E-state index is -2.76. The van der Waals surface area contributed by atoms with Crippen molar-refractivity contribution in [2.75, 3.05) is 43.1 Å². The van der Waals surface area contributed by atoms with Gasteiger partial charge < -0.3 is 19.7 Å². The molecule has 0 bridgehead atoms. The number of imidazole rings is 1. The summed E-state index contributed by atoms with van der Waals surface area (Å²) in [5.41, 5.74) is 0.528. The van der Waals surface area contributed by atoms with Gasteiger partial charge in [-0.25, -0.2) is 9.67 Å². The van der Waals surface area contributed by atoms with Crippen LogP contribution in [0.3, 0.4) is 0 Å². The third kappa shape index (κ3) is 4.77. The number of hydrogen-bond acceptors (Lipinski definition) is 9. The SMILES string of the molecule is CC(C)(C)OC(=O)CNc1nc(N2CCOCC2)nc2c1ncn2-c1cnn(C(F)F)c1. The molecule has 13 heteroatoms. The van der Waals surface area contributed by atoms with Crippen molar-refractivity contribution in [3.63, 3.8) is 0 Å². The summed E-state index contributed by atoms with van der Waals surface area (Å²) in [7, 11) is 0. The van der Waals surface area contributed by atoms with E-state index in [2.05, 4.69) is 25.4 Å². The van der Waals surface area contributed by atoms with Crippen molar-refractivity contribution in [2.24, 2.45) is 0 Å². The van der Waals surface area contributed by atoms with Gasteiger partial charge in [0.05, 0.1) is 31.3 Å². The smallest absolute Gasteiger partial charge is 0.333 e. The van der Waals surface area contributed by atoms with Crippen LogP contribution < -0.4 is 10.2 Å². The molecular weight excluding hydrogens is 426 g/mol. The molecule has 32 heavy (non-hydrogen) atoms. The third-order valence-electron chi connectivity index (χ3n) is 4.56. The van der Waals surface area contributed by atoms with Crippen molar-refractivity contribution >= 4 is 28.9 Å². The van der Waals surface area contributed by atoms with Gasteiger partial charge in [0.1, 0.15) is 18.5 Å².